The predicted molar refractivity (Wildman–Crippen MR) is 107 cm³/mol. The van der Waals surface area contributed by atoms with E-state index in [0.717, 1.165) is 25.7 Å². The van der Waals surface area contributed by atoms with E-state index in [1.807, 2.05) is 6.92 Å². The van der Waals surface area contributed by atoms with E-state index in [9.17, 15) is 13.2 Å². The van der Waals surface area contributed by atoms with Crippen LogP contribution >= 0.6 is 11.6 Å². The Morgan fingerprint density at radius 3 is 2.44 bits per heavy atom. The van der Waals surface area contributed by atoms with Gasteiger partial charge in [-0.3, -0.25) is 4.79 Å². The Morgan fingerprint density at radius 2 is 1.89 bits per heavy atom. The van der Waals surface area contributed by atoms with Gasteiger partial charge >= 0.3 is 0 Å². The number of rotatable bonds is 8. The molecule has 0 atom stereocenters. The van der Waals surface area contributed by atoms with E-state index in [1.165, 1.54) is 35.3 Å². The minimum atomic E-state index is -3.82. The van der Waals surface area contributed by atoms with Crippen molar-refractivity contribution in [1.29, 1.82) is 0 Å². The number of hydrogen-bond acceptors (Lipinski definition) is 4. The van der Waals surface area contributed by atoms with Gasteiger partial charge in [0.25, 0.3) is 0 Å². The molecule has 0 heterocycles. The monoisotopic (exact) mass is 416 g/mol. The van der Waals surface area contributed by atoms with Crippen LogP contribution < -0.4 is 10.1 Å². The molecule has 1 aromatic carbocycles. The molecule has 0 saturated heterocycles. The highest BCUT2D eigenvalue weighted by Crippen LogP contribution is 2.28. The van der Waals surface area contributed by atoms with Crippen molar-refractivity contribution < 1.29 is 17.9 Å². The summed E-state index contributed by atoms with van der Waals surface area (Å²) in [6.45, 7) is 3.99. The topological polar surface area (TPSA) is 75.7 Å². The molecule has 0 radical (unpaired) electrons. The SMILES string of the molecule is CCOc1ccc(S(=O)(=O)N(CC)CC(=O)NC2CCCCCC2)cc1Cl. The van der Waals surface area contributed by atoms with Gasteiger partial charge in [-0.2, -0.15) is 4.31 Å². The number of amides is 1. The first kappa shape index (κ1) is 22.0. The normalized spacial score (nSPS) is 16.1. The van der Waals surface area contributed by atoms with Gasteiger partial charge in [0.1, 0.15) is 5.75 Å². The number of carbonyl (C=O) groups is 1. The van der Waals surface area contributed by atoms with Gasteiger partial charge < -0.3 is 10.1 Å². The number of halogens is 1. The van der Waals surface area contributed by atoms with Crippen molar-refractivity contribution in [3.05, 3.63) is 23.2 Å². The molecule has 1 N–H and O–H groups in total. The fourth-order valence-corrected chi connectivity index (χ4v) is 5.02. The van der Waals surface area contributed by atoms with Crippen LogP contribution in [0.5, 0.6) is 5.75 Å². The van der Waals surface area contributed by atoms with E-state index < -0.39 is 10.0 Å². The largest absolute Gasteiger partial charge is 0.492 e. The molecule has 8 heteroatoms. The zero-order valence-electron chi connectivity index (χ0n) is 16.0. The summed E-state index contributed by atoms with van der Waals surface area (Å²) in [4.78, 5) is 12.5. The third-order valence-corrected chi connectivity index (χ3v) is 6.95. The molecule has 0 spiro atoms. The maximum absolute atomic E-state index is 12.9. The Hall–Kier alpha value is -1.31. The summed E-state index contributed by atoms with van der Waals surface area (Å²) < 4.78 is 32.3. The van der Waals surface area contributed by atoms with Crippen LogP contribution in [0.2, 0.25) is 5.02 Å². The Balaban J connectivity index is 2.07. The van der Waals surface area contributed by atoms with Gasteiger partial charge in [-0.15, -0.1) is 0 Å². The molecule has 0 aromatic heterocycles. The van der Waals surface area contributed by atoms with Crippen molar-refractivity contribution in [1.82, 2.24) is 9.62 Å². The molecule has 27 heavy (non-hydrogen) atoms. The lowest BCUT2D eigenvalue weighted by Gasteiger charge is -2.22. The average molecular weight is 417 g/mol. The highest BCUT2D eigenvalue weighted by atomic mass is 35.5. The number of benzene rings is 1. The van der Waals surface area contributed by atoms with Gasteiger partial charge in [0.15, 0.2) is 0 Å². The van der Waals surface area contributed by atoms with E-state index in [1.54, 1.807) is 6.92 Å². The van der Waals surface area contributed by atoms with E-state index in [4.69, 9.17) is 16.3 Å². The van der Waals surface area contributed by atoms with Crippen molar-refractivity contribution in [3.63, 3.8) is 0 Å². The van der Waals surface area contributed by atoms with E-state index >= 15 is 0 Å². The van der Waals surface area contributed by atoms with E-state index in [-0.39, 0.29) is 35.0 Å². The number of hydrogen-bond donors (Lipinski definition) is 1. The van der Waals surface area contributed by atoms with E-state index in [2.05, 4.69) is 5.32 Å². The first-order valence-electron chi connectivity index (χ1n) is 9.60. The van der Waals surface area contributed by atoms with Crippen molar-refractivity contribution >= 4 is 27.5 Å². The molecular formula is C19H29ClN2O4S. The second-order valence-electron chi connectivity index (χ2n) is 6.71. The van der Waals surface area contributed by atoms with Crippen LogP contribution in [0, 0.1) is 0 Å². The molecule has 152 valence electrons. The standard InChI is InChI=1S/C19H29ClN2O4S/c1-3-22(14-19(23)21-15-9-7-5-6-8-10-15)27(24,25)16-11-12-18(26-4-2)17(20)13-16/h11-13,15H,3-10,14H2,1-2H3,(H,21,23). The molecule has 0 aliphatic heterocycles. The maximum atomic E-state index is 12.9. The maximum Gasteiger partial charge on any atom is 0.243 e. The first-order valence-corrected chi connectivity index (χ1v) is 11.4. The van der Waals surface area contributed by atoms with Crippen molar-refractivity contribution in [2.45, 2.75) is 63.3 Å². The zero-order valence-corrected chi connectivity index (χ0v) is 17.6. The lowest BCUT2D eigenvalue weighted by molar-refractivity contribution is -0.122. The highest BCUT2D eigenvalue weighted by molar-refractivity contribution is 7.89. The third-order valence-electron chi connectivity index (χ3n) is 4.73. The molecule has 1 saturated carbocycles. The van der Waals surface area contributed by atoms with E-state index in [0.29, 0.717) is 12.4 Å². The summed E-state index contributed by atoms with van der Waals surface area (Å²) in [6.07, 6.45) is 6.51. The van der Waals surface area contributed by atoms with Crippen LogP contribution in [0.15, 0.2) is 23.1 Å². The van der Waals surface area contributed by atoms with Crippen molar-refractivity contribution in [2.75, 3.05) is 19.7 Å². The quantitative estimate of drug-likeness (QED) is 0.657. The lowest BCUT2D eigenvalue weighted by atomic mass is 10.1. The van der Waals surface area contributed by atoms with Gasteiger partial charge in [0.05, 0.1) is 23.1 Å². The summed E-state index contributed by atoms with van der Waals surface area (Å²) in [7, 11) is -3.82. The van der Waals surface area contributed by atoms with Crippen molar-refractivity contribution in [3.8, 4) is 5.75 Å². The fourth-order valence-electron chi connectivity index (χ4n) is 3.29. The number of nitrogens with one attached hydrogen (secondary N) is 1. The molecule has 2 rings (SSSR count). The molecule has 1 aliphatic carbocycles. The van der Waals surface area contributed by atoms with Gasteiger partial charge in [0, 0.05) is 12.6 Å². The Labute approximate surface area is 167 Å². The summed E-state index contributed by atoms with van der Waals surface area (Å²) in [5.41, 5.74) is 0. The smallest absolute Gasteiger partial charge is 0.243 e. The van der Waals surface area contributed by atoms with Crippen LogP contribution in [0.3, 0.4) is 0 Å². The molecule has 1 fully saturated rings. The van der Waals surface area contributed by atoms with Crippen molar-refractivity contribution in [2.24, 2.45) is 0 Å². The summed E-state index contributed by atoms with van der Waals surface area (Å²) in [5.74, 6) is 0.177. The number of ether oxygens (including phenoxy) is 1. The van der Waals surface area contributed by atoms with Gasteiger partial charge in [-0.25, -0.2) is 8.42 Å². The first-order chi connectivity index (χ1) is 12.9. The van der Waals surface area contributed by atoms with Crippen LogP contribution in [-0.2, 0) is 14.8 Å². The fraction of sp³-hybridized carbons (Fsp3) is 0.632. The summed E-state index contributed by atoms with van der Waals surface area (Å²) >= 11 is 6.12. The number of likely N-dealkylation sites (N-methyl/N-ethyl adjacent to an activating group) is 1. The van der Waals surface area contributed by atoms with Crippen LogP contribution in [0.25, 0.3) is 0 Å². The average Bonchev–Trinajstić information content (AvgIpc) is 2.90. The molecule has 1 amide bonds. The number of carbonyl (C=O) groups excluding carboxylic acids is 1. The Morgan fingerprint density at radius 1 is 1.22 bits per heavy atom. The molecular weight excluding hydrogens is 388 g/mol. The lowest BCUT2D eigenvalue weighted by Crippen LogP contribution is -2.44. The zero-order chi connectivity index (χ0) is 19.9. The Bertz CT molecular complexity index is 731. The molecule has 0 bridgehead atoms. The second kappa shape index (κ2) is 10.3. The van der Waals surface area contributed by atoms with Crippen LogP contribution in [-0.4, -0.2) is 44.4 Å². The summed E-state index contributed by atoms with van der Waals surface area (Å²) in [5, 5.41) is 3.23. The second-order valence-corrected chi connectivity index (χ2v) is 9.06. The number of sulfonamides is 1. The molecule has 0 unspecified atom stereocenters. The van der Waals surface area contributed by atoms with Gasteiger partial charge in [-0.05, 0) is 38.0 Å². The summed E-state index contributed by atoms with van der Waals surface area (Å²) in [6, 6.07) is 4.51. The number of nitrogens with zero attached hydrogens (tertiary/aromatic N) is 1. The van der Waals surface area contributed by atoms with Crippen LogP contribution in [0.1, 0.15) is 52.4 Å². The minimum Gasteiger partial charge on any atom is -0.492 e. The van der Waals surface area contributed by atoms with Gasteiger partial charge in [0.2, 0.25) is 15.9 Å². The predicted octanol–water partition coefficient (Wildman–Crippen LogP) is 3.59. The van der Waals surface area contributed by atoms with Crippen LogP contribution in [0.4, 0.5) is 0 Å². The molecule has 1 aromatic rings. The van der Waals surface area contributed by atoms with Gasteiger partial charge in [-0.1, -0.05) is 44.2 Å². The highest BCUT2D eigenvalue weighted by Gasteiger charge is 2.27. The molecule has 6 nitrogen and oxygen atoms in total. The minimum absolute atomic E-state index is 0.0556. The molecule has 1 aliphatic rings. The Kier molecular flexibility index (Phi) is 8.38. The third kappa shape index (κ3) is 6.09.